The molecule has 0 unspecified atom stereocenters. The Bertz CT molecular complexity index is 558. The van der Waals surface area contributed by atoms with E-state index in [0.29, 0.717) is 22.0 Å². The molecule has 0 spiro atoms. The lowest BCUT2D eigenvalue weighted by Gasteiger charge is -2.47. The fraction of sp³-hybridized carbons (Fsp3) is 0.684. The van der Waals surface area contributed by atoms with Crippen LogP contribution in [0.15, 0.2) is 18.2 Å². The van der Waals surface area contributed by atoms with Gasteiger partial charge in [0.2, 0.25) is 0 Å². The van der Waals surface area contributed by atoms with Gasteiger partial charge in [-0.05, 0) is 56.5 Å². The molecule has 140 valence electrons. The lowest BCUT2D eigenvalue weighted by Crippen LogP contribution is -2.61. The summed E-state index contributed by atoms with van der Waals surface area (Å²) >= 11 is 12.2. The Morgan fingerprint density at radius 3 is 2.56 bits per heavy atom. The molecule has 2 N–H and O–H groups in total. The largest absolute Gasteiger partial charge is 0.393 e. The molecule has 2 fully saturated rings. The molecule has 4 nitrogen and oxygen atoms in total. The van der Waals surface area contributed by atoms with E-state index in [1.54, 1.807) is 0 Å². The highest BCUT2D eigenvalue weighted by Crippen LogP contribution is 2.29. The van der Waals surface area contributed by atoms with Gasteiger partial charge < -0.3 is 15.3 Å². The number of aliphatic hydroxyl groups is 1. The van der Waals surface area contributed by atoms with Gasteiger partial charge in [-0.1, -0.05) is 29.3 Å². The molecule has 2 heterocycles. The van der Waals surface area contributed by atoms with Crippen LogP contribution >= 0.6 is 23.2 Å². The summed E-state index contributed by atoms with van der Waals surface area (Å²) in [5.41, 5.74) is 1.26. The maximum atomic E-state index is 9.63. The quantitative estimate of drug-likeness (QED) is 0.756. The Hall–Kier alpha value is -0.360. The molecule has 3 rings (SSSR count). The van der Waals surface area contributed by atoms with Crippen LogP contribution in [0, 0.1) is 0 Å². The van der Waals surface area contributed by atoms with E-state index in [1.165, 1.54) is 5.56 Å². The smallest absolute Gasteiger partial charge is 0.0595 e. The molecule has 0 amide bonds. The van der Waals surface area contributed by atoms with Crippen LogP contribution in [0.2, 0.25) is 10.0 Å². The van der Waals surface area contributed by atoms with Crippen molar-refractivity contribution >= 4 is 23.2 Å². The number of piperidine rings is 1. The first-order valence-electron chi connectivity index (χ1n) is 9.31. The Kier molecular flexibility index (Phi) is 7.01. The molecule has 25 heavy (non-hydrogen) atoms. The van der Waals surface area contributed by atoms with Crippen LogP contribution in [0.1, 0.15) is 30.7 Å². The Balaban J connectivity index is 1.46. The van der Waals surface area contributed by atoms with Gasteiger partial charge in [-0.25, -0.2) is 0 Å². The second-order valence-electron chi connectivity index (χ2n) is 7.40. The molecule has 0 bridgehead atoms. The summed E-state index contributed by atoms with van der Waals surface area (Å²) in [6.07, 6.45) is 2.89. The molecule has 0 aliphatic carbocycles. The van der Waals surface area contributed by atoms with E-state index in [1.807, 2.05) is 19.2 Å². The first-order chi connectivity index (χ1) is 12.1. The molecular weight excluding hydrogens is 357 g/mol. The van der Waals surface area contributed by atoms with Crippen molar-refractivity contribution in [2.45, 2.75) is 37.3 Å². The van der Waals surface area contributed by atoms with Crippen LogP contribution in [0.4, 0.5) is 0 Å². The third kappa shape index (κ3) is 5.09. The molecule has 0 saturated carbocycles. The third-order valence-corrected chi connectivity index (χ3v) is 6.35. The zero-order valence-electron chi connectivity index (χ0n) is 14.9. The van der Waals surface area contributed by atoms with E-state index in [0.717, 1.165) is 58.5 Å². The van der Waals surface area contributed by atoms with E-state index < -0.39 is 0 Å². The van der Waals surface area contributed by atoms with Crippen molar-refractivity contribution < 1.29 is 5.11 Å². The monoisotopic (exact) mass is 385 g/mol. The summed E-state index contributed by atoms with van der Waals surface area (Å²) in [7, 11) is 2.00. The zero-order valence-corrected chi connectivity index (χ0v) is 16.4. The van der Waals surface area contributed by atoms with Crippen LogP contribution in [-0.2, 0) is 0 Å². The SMILES string of the molecule is CNC[C@@H](CCN1CC(N2CCC(O)CC2)C1)c1ccc(Cl)c(Cl)c1. The molecule has 0 aromatic heterocycles. The molecule has 2 saturated heterocycles. The zero-order chi connectivity index (χ0) is 17.8. The summed E-state index contributed by atoms with van der Waals surface area (Å²) in [5.74, 6) is 0.448. The van der Waals surface area contributed by atoms with Crippen molar-refractivity contribution in [3.63, 3.8) is 0 Å². The van der Waals surface area contributed by atoms with E-state index in [-0.39, 0.29) is 6.10 Å². The number of nitrogens with one attached hydrogen (secondary N) is 1. The summed E-state index contributed by atoms with van der Waals surface area (Å²) < 4.78 is 0. The second-order valence-corrected chi connectivity index (χ2v) is 8.21. The number of benzene rings is 1. The van der Waals surface area contributed by atoms with Gasteiger partial charge in [-0.2, -0.15) is 0 Å². The maximum Gasteiger partial charge on any atom is 0.0595 e. The van der Waals surface area contributed by atoms with Gasteiger partial charge in [0.1, 0.15) is 0 Å². The van der Waals surface area contributed by atoms with Crippen molar-refractivity contribution in [1.29, 1.82) is 0 Å². The fourth-order valence-corrected chi connectivity index (χ4v) is 4.25. The first kappa shape index (κ1) is 19.4. The van der Waals surface area contributed by atoms with E-state index >= 15 is 0 Å². The van der Waals surface area contributed by atoms with Crippen LogP contribution in [0.5, 0.6) is 0 Å². The van der Waals surface area contributed by atoms with Crippen molar-refractivity contribution in [2.24, 2.45) is 0 Å². The fourth-order valence-electron chi connectivity index (χ4n) is 3.94. The van der Waals surface area contributed by atoms with E-state index in [2.05, 4.69) is 21.2 Å². The number of hydrogen-bond acceptors (Lipinski definition) is 4. The van der Waals surface area contributed by atoms with Crippen molar-refractivity contribution in [3.8, 4) is 0 Å². The summed E-state index contributed by atoms with van der Waals surface area (Å²) in [5, 5.41) is 14.2. The van der Waals surface area contributed by atoms with Crippen LogP contribution < -0.4 is 5.32 Å². The van der Waals surface area contributed by atoms with E-state index in [9.17, 15) is 5.11 Å². The number of likely N-dealkylation sites (tertiary alicyclic amines) is 2. The Morgan fingerprint density at radius 2 is 1.92 bits per heavy atom. The Morgan fingerprint density at radius 1 is 1.20 bits per heavy atom. The minimum Gasteiger partial charge on any atom is -0.393 e. The molecule has 2 aliphatic heterocycles. The Labute approximate surface area is 161 Å². The van der Waals surface area contributed by atoms with Crippen LogP contribution in [0.3, 0.4) is 0 Å². The van der Waals surface area contributed by atoms with Crippen LogP contribution in [-0.4, -0.2) is 73.4 Å². The molecule has 0 radical (unpaired) electrons. The molecule has 1 aromatic rings. The van der Waals surface area contributed by atoms with Gasteiger partial charge in [-0.15, -0.1) is 0 Å². The predicted octanol–water partition coefficient (Wildman–Crippen LogP) is 2.83. The van der Waals surface area contributed by atoms with Gasteiger partial charge in [0.25, 0.3) is 0 Å². The number of likely N-dealkylation sites (N-methyl/N-ethyl adjacent to an activating group) is 1. The van der Waals surface area contributed by atoms with Crippen molar-refractivity contribution in [2.75, 3.05) is 46.3 Å². The predicted molar refractivity (Wildman–Crippen MR) is 105 cm³/mol. The highest BCUT2D eigenvalue weighted by atomic mass is 35.5. The first-order valence-corrected chi connectivity index (χ1v) is 10.1. The number of halogens is 2. The van der Waals surface area contributed by atoms with Gasteiger partial charge in [0.05, 0.1) is 16.1 Å². The van der Waals surface area contributed by atoms with Crippen molar-refractivity contribution in [1.82, 2.24) is 15.1 Å². The molecule has 6 heteroatoms. The number of nitrogens with zero attached hydrogens (tertiary/aromatic N) is 2. The topological polar surface area (TPSA) is 38.7 Å². The normalized spacial score (nSPS) is 22.1. The average molecular weight is 386 g/mol. The highest BCUT2D eigenvalue weighted by Gasteiger charge is 2.33. The number of rotatable bonds is 7. The summed E-state index contributed by atoms with van der Waals surface area (Å²) in [6, 6.07) is 6.67. The van der Waals surface area contributed by atoms with E-state index in [4.69, 9.17) is 23.2 Å². The lowest BCUT2D eigenvalue weighted by molar-refractivity contribution is -0.00520. The van der Waals surface area contributed by atoms with Gasteiger partial charge in [-0.3, -0.25) is 4.90 Å². The van der Waals surface area contributed by atoms with Gasteiger partial charge in [0.15, 0.2) is 0 Å². The molecule has 2 aliphatic rings. The number of hydrogen-bond donors (Lipinski definition) is 2. The summed E-state index contributed by atoms with van der Waals surface area (Å²) in [6.45, 7) is 6.46. The standard InChI is InChI=1S/C19H29Cl2N3O/c1-22-11-15(14-2-3-18(20)19(21)10-14)4-7-23-12-16(13-23)24-8-5-17(25)6-9-24/h2-3,10,15-17,22,25H,4-9,11-13H2,1H3/t15-/m1/s1. The van der Waals surface area contributed by atoms with Gasteiger partial charge in [0, 0.05) is 38.8 Å². The molecule has 1 atom stereocenters. The minimum atomic E-state index is -0.0825. The van der Waals surface area contributed by atoms with Crippen molar-refractivity contribution in [3.05, 3.63) is 33.8 Å². The van der Waals surface area contributed by atoms with Crippen LogP contribution in [0.25, 0.3) is 0 Å². The minimum absolute atomic E-state index is 0.0825. The van der Waals surface area contributed by atoms with Gasteiger partial charge >= 0.3 is 0 Å². The maximum absolute atomic E-state index is 9.63. The summed E-state index contributed by atoms with van der Waals surface area (Å²) in [4.78, 5) is 5.09. The lowest BCUT2D eigenvalue weighted by atomic mass is 9.94. The third-order valence-electron chi connectivity index (χ3n) is 5.61. The second kappa shape index (κ2) is 9.03. The molecule has 1 aromatic carbocycles. The number of aliphatic hydroxyl groups excluding tert-OH is 1. The average Bonchev–Trinajstić information content (AvgIpc) is 2.56. The molecular formula is C19H29Cl2N3O. The highest BCUT2D eigenvalue weighted by molar-refractivity contribution is 6.42.